The summed E-state index contributed by atoms with van der Waals surface area (Å²) in [6.07, 6.45) is 0.335. The minimum Gasteiger partial charge on any atom is -0.461 e. The zero-order valence-electron chi connectivity index (χ0n) is 25.8. The molecule has 0 unspecified atom stereocenters. The van der Waals surface area contributed by atoms with Crippen molar-refractivity contribution in [3.8, 4) is 12.1 Å². The molecule has 0 spiro atoms. The number of nitriles is 1. The van der Waals surface area contributed by atoms with Gasteiger partial charge in [0.1, 0.15) is 12.4 Å². The van der Waals surface area contributed by atoms with Gasteiger partial charge in [0.15, 0.2) is 5.83 Å². The van der Waals surface area contributed by atoms with Crippen molar-refractivity contribution in [2.45, 2.75) is 64.2 Å². The van der Waals surface area contributed by atoms with E-state index in [1.54, 1.807) is 17.0 Å². The molecule has 5 heterocycles. The van der Waals surface area contributed by atoms with E-state index in [1.807, 2.05) is 4.90 Å². The molecule has 0 N–H and O–H groups in total. The molecule has 1 aromatic heterocycles. The lowest BCUT2D eigenvalue weighted by Crippen LogP contribution is -2.49. The molecule has 1 amide bonds. The fourth-order valence-electron chi connectivity index (χ4n) is 7.16. The second kappa shape index (κ2) is 13.2. The van der Waals surface area contributed by atoms with Crippen LogP contribution in [0.25, 0.3) is 0 Å². The average molecular weight is 630 g/mol. The van der Waals surface area contributed by atoms with Gasteiger partial charge in [0.2, 0.25) is 0 Å². The molecule has 3 saturated heterocycles. The summed E-state index contributed by atoms with van der Waals surface area (Å²) in [4.78, 5) is 29.4. The normalized spacial score (nSPS) is 19.3. The molecular formula is C32H39F4N7O2. The van der Waals surface area contributed by atoms with Crippen LogP contribution in [0, 0.1) is 18.3 Å². The van der Waals surface area contributed by atoms with Crippen LogP contribution in [0.4, 0.5) is 29.1 Å². The molecular weight excluding hydrogens is 590 g/mol. The largest absolute Gasteiger partial charge is 0.461 e. The van der Waals surface area contributed by atoms with E-state index >= 15 is 0 Å². The zero-order valence-corrected chi connectivity index (χ0v) is 25.8. The Hall–Kier alpha value is -3.92. The molecule has 3 fully saturated rings. The molecule has 2 aromatic rings. The first-order valence-corrected chi connectivity index (χ1v) is 15.4. The van der Waals surface area contributed by atoms with Crippen LogP contribution >= 0.6 is 0 Å². The third-order valence-corrected chi connectivity index (χ3v) is 9.28. The SMILES string of the molecule is C=C(F)C(=O)N1CCN(c2nc(OCC34CCCN3CCC4)nc3c2CCN(c2cccc(C)c2C(F)(F)F)C3)CC1.CC#N. The number of hydrogen-bond donors (Lipinski definition) is 0. The lowest BCUT2D eigenvalue weighted by molar-refractivity contribution is -0.137. The van der Waals surface area contributed by atoms with Gasteiger partial charge in [0.05, 0.1) is 29.4 Å². The van der Waals surface area contributed by atoms with Crippen LogP contribution in [-0.4, -0.2) is 83.6 Å². The van der Waals surface area contributed by atoms with Crippen molar-refractivity contribution in [2.24, 2.45) is 0 Å². The molecule has 0 atom stereocenters. The van der Waals surface area contributed by atoms with E-state index in [-0.39, 0.29) is 29.3 Å². The maximum atomic E-state index is 14.1. The third-order valence-electron chi connectivity index (χ3n) is 9.28. The van der Waals surface area contributed by atoms with E-state index in [2.05, 4.69) is 11.5 Å². The number of aromatic nitrogens is 2. The van der Waals surface area contributed by atoms with Gasteiger partial charge >= 0.3 is 12.2 Å². The molecule has 0 radical (unpaired) electrons. The van der Waals surface area contributed by atoms with Crippen molar-refractivity contribution in [2.75, 3.05) is 62.2 Å². The number of carbonyl (C=O) groups is 1. The van der Waals surface area contributed by atoms with Gasteiger partial charge in [-0.1, -0.05) is 18.7 Å². The summed E-state index contributed by atoms with van der Waals surface area (Å²) < 4.78 is 62.0. The van der Waals surface area contributed by atoms with Crippen LogP contribution in [0.5, 0.6) is 6.01 Å². The molecule has 45 heavy (non-hydrogen) atoms. The van der Waals surface area contributed by atoms with Crippen molar-refractivity contribution in [3.05, 3.63) is 53.0 Å². The lowest BCUT2D eigenvalue weighted by atomic mass is 9.95. The summed E-state index contributed by atoms with van der Waals surface area (Å²) in [6.45, 7) is 10.6. The summed E-state index contributed by atoms with van der Waals surface area (Å²) in [5.74, 6) is -1.02. The molecule has 0 bridgehead atoms. The third kappa shape index (κ3) is 6.71. The molecule has 6 rings (SSSR count). The maximum Gasteiger partial charge on any atom is 0.418 e. The van der Waals surface area contributed by atoms with Gasteiger partial charge in [-0.25, -0.2) is 4.39 Å². The number of fused-ring (bicyclic) bond motifs is 2. The first-order chi connectivity index (χ1) is 21.5. The summed E-state index contributed by atoms with van der Waals surface area (Å²) in [7, 11) is 0. The molecule has 242 valence electrons. The Morgan fingerprint density at radius 1 is 1.07 bits per heavy atom. The summed E-state index contributed by atoms with van der Waals surface area (Å²) in [5, 5.41) is 7.32. The quantitative estimate of drug-likeness (QED) is 0.325. The van der Waals surface area contributed by atoms with Gasteiger partial charge in [-0.05, 0) is 63.7 Å². The van der Waals surface area contributed by atoms with Crippen molar-refractivity contribution in [1.82, 2.24) is 19.8 Å². The van der Waals surface area contributed by atoms with Crippen molar-refractivity contribution in [3.63, 3.8) is 0 Å². The van der Waals surface area contributed by atoms with E-state index in [4.69, 9.17) is 20.0 Å². The minimum absolute atomic E-state index is 0.0185. The molecule has 0 saturated carbocycles. The van der Waals surface area contributed by atoms with Crippen LogP contribution in [0.2, 0.25) is 0 Å². The Morgan fingerprint density at radius 3 is 2.36 bits per heavy atom. The van der Waals surface area contributed by atoms with Gasteiger partial charge in [-0.3, -0.25) is 9.69 Å². The number of amides is 1. The number of anilines is 2. The van der Waals surface area contributed by atoms with Crippen LogP contribution in [0.1, 0.15) is 55.0 Å². The fraction of sp³-hybridized carbons (Fsp3) is 0.562. The van der Waals surface area contributed by atoms with Gasteiger partial charge in [-0.2, -0.15) is 28.4 Å². The number of benzene rings is 1. The number of aryl methyl sites for hydroxylation is 1. The van der Waals surface area contributed by atoms with Crippen molar-refractivity contribution < 1.29 is 27.1 Å². The highest BCUT2D eigenvalue weighted by molar-refractivity contribution is 5.90. The van der Waals surface area contributed by atoms with Gasteiger partial charge in [0, 0.05) is 50.9 Å². The van der Waals surface area contributed by atoms with Crippen LogP contribution in [0.3, 0.4) is 0 Å². The molecule has 9 nitrogen and oxygen atoms in total. The summed E-state index contributed by atoms with van der Waals surface area (Å²) in [6, 6.07) is 6.61. The number of hydrogen-bond acceptors (Lipinski definition) is 8. The van der Waals surface area contributed by atoms with Crippen molar-refractivity contribution in [1.29, 1.82) is 5.26 Å². The lowest BCUT2D eigenvalue weighted by Gasteiger charge is -2.38. The highest BCUT2D eigenvalue weighted by atomic mass is 19.4. The van der Waals surface area contributed by atoms with Crippen LogP contribution < -0.4 is 14.5 Å². The Bertz CT molecular complexity index is 1460. The average Bonchev–Trinajstić information content (AvgIpc) is 3.59. The van der Waals surface area contributed by atoms with Crippen LogP contribution in [-0.2, 0) is 23.9 Å². The molecule has 4 aliphatic heterocycles. The summed E-state index contributed by atoms with van der Waals surface area (Å²) >= 11 is 0. The highest BCUT2D eigenvalue weighted by Crippen LogP contribution is 2.42. The molecule has 4 aliphatic rings. The second-order valence-corrected chi connectivity index (χ2v) is 12.0. The Balaban J connectivity index is 0.00000128. The number of halogens is 4. The van der Waals surface area contributed by atoms with Gasteiger partial charge in [0.25, 0.3) is 5.91 Å². The number of rotatable bonds is 6. The van der Waals surface area contributed by atoms with E-state index in [1.165, 1.54) is 30.9 Å². The first-order valence-electron chi connectivity index (χ1n) is 15.4. The number of carbonyl (C=O) groups excluding carboxylic acids is 1. The molecule has 1 aromatic carbocycles. The number of alkyl halides is 3. The number of ether oxygens (including phenoxy) is 1. The summed E-state index contributed by atoms with van der Waals surface area (Å²) in [5.41, 5.74) is 1.18. The van der Waals surface area contributed by atoms with E-state index < -0.39 is 23.5 Å². The van der Waals surface area contributed by atoms with Crippen molar-refractivity contribution >= 4 is 17.4 Å². The standard InChI is InChI=1S/C30H36F4N6O2.C2H3N/c1-20-6-3-7-24(25(20)30(32,33)34)39-13-8-22-23(18-39)35-28(42-19-29-9-4-11-40(29)12-5-10-29)36-26(22)37-14-16-38(17-15-37)27(41)21(2)31;1-2-3/h3,6-7H,2,4-5,8-19H2,1H3;1H3. The van der Waals surface area contributed by atoms with Gasteiger partial charge in [-0.15, -0.1) is 0 Å². The van der Waals surface area contributed by atoms with E-state index in [0.717, 1.165) is 44.3 Å². The predicted molar refractivity (Wildman–Crippen MR) is 162 cm³/mol. The maximum absolute atomic E-state index is 14.1. The minimum atomic E-state index is -4.48. The zero-order chi connectivity index (χ0) is 32.4. The Morgan fingerprint density at radius 2 is 1.73 bits per heavy atom. The topological polar surface area (TPSA) is 88.8 Å². The highest BCUT2D eigenvalue weighted by Gasteiger charge is 2.45. The van der Waals surface area contributed by atoms with Gasteiger partial charge < -0.3 is 19.4 Å². The smallest absolute Gasteiger partial charge is 0.418 e. The van der Waals surface area contributed by atoms with Crippen LogP contribution in [0.15, 0.2) is 30.6 Å². The Labute approximate surface area is 261 Å². The number of nitrogens with zero attached hydrogens (tertiary/aromatic N) is 7. The molecule has 0 aliphatic carbocycles. The fourth-order valence-corrected chi connectivity index (χ4v) is 7.16. The molecule has 13 heteroatoms. The van der Waals surface area contributed by atoms with E-state index in [0.29, 0.717) is 57.3 Å². The predicted octanol–water partition coefficient (Wildman–Crippen LogP) is 5.04. The van der Waals surface area contributed by atoms with E-state index in [9.17, 15) is 22.4 Å². The first kappa shape index (κ1) is 32.5. The monoisotopic (exact) mass is 629 g/mol. The number of piperazine rings is 1. The second-order valence-electron chi connectivity index (χ2n) is 12.0. The Kier molecular flexibility index (Phi) is 9.53.